The second-order valence-electron chi connectivity index (χ2n) is 4.25. The first-order chi connectivity index (χ1) is 9.81. The summed E-state index contributed by atoms with van der Waals surface area (Å²) in [4.78, 5) is 0. The molecule has 0 spiro atoms. The summed E-state index contributed by atoms with van der Waals surface area (Å²) < 4.78 is 6.63. The van der Waals surface area contributed by atoms with E-state index in [4.69, 9.17) is 4.74 Å². The Morgan fingerprint density at radius 1 is 1.10 bits per heavy atom. The number of benzene rings is 2. The zero-order valence-corrected chi connectivity index (χ0v) is 13.6. The molecule has 0 bridgehead atoms. The van der Waals surface area contributed by atoms with Gasteiger partial charge in [0, 0.05) is 15.9 Å². The molecule has 2 rings (SSSR count). The number of ether oxygens (including phenoxy) is 1. The number of nitrogens with one attached hydrogen (secondary N) is 1. The van der Waals surface area contributed by atoms with Gasteiger partial charge >= 0.3 is 0 Å². The fourth-order valence-electron chi connectivity index (χ4n) is 1.83. The number of rotatable bonds is 6. The molecule has 3 heteroatoms. The van der Waals surface area contributed by atoms with Crippen molar-refractivity contribution in [1.29, 1.82) is 0 Å². The summed E-state index contributed by atoms with van der Waals surface area (Å²) >= 11 is 2.34. The van der Waals surface area contributed by atoms with Gasteiger partial charge in [-0.25, -0.2) is 0 Å². The van der Waals surface area contributed by atoms with Crippen LogP contribution in [0.4, 0.5) is 5.69 Å². The van der Waals surface area contributed by atoms with E-state index >= 15 is 0 Å². The van der Waals surface area contributed by atoms with Gasteiger partial charge in [-0.15, -0.1) is 0 Å². The third-order valence-corrected chi connectivity index (χ3v) is 3.78. The number of anilines is 1. The fraction of sp³-hybridized carbons (Fsp3) is 0.176. The van der Waals surface area contributed by atoms with E-state index in [2.05, 4.69) is 58.2 Å². The van der Waals surface area contributed by atoms with E-state index in [1.54, 1.807) is 0 Å². The maximum atomic E-state index is 5.44. The molecule has 2 aromatic carbocycles. The highest BCUT2D eigenvalue weighted by atomic mass is 127. The van der Waals surface area contributed by atoms with E-state index in [0.29, 0.717) is 6.61 Å². The van der Waals surface area contributed by atoms with Crippen LogP contribution in [-0.4, -0.2) is 13.2 Å². The zero-order valence-electron chi connectivity index (χ0n) is 11.5. The molecular formula is C17H18INO. The van der Waals surface area contributed by atoms with Crippen molar-refractivity contribution in [3.8, 4) is 0 Å². The second-order valence-corrected chi connectivity index (χ2v) is 5.41. The molecule has 0 saturated heterocycles. The largest absolute Gasteiger partial charge is 0.378 e. The summed E-state index contributed by atoms with van der Waals surface area (Å²) in [6, 6.07) is 18.6. The molecule has 0 aliphatic heterocycles. The molecule has 0 aromatic heterocycles. The molecule has 0 aliphatic carbocycles. The highest BCUT2D eigenvalue weighted by molar-refractivity contribution is 14.1. The van der Waals surface area contributed by atoms with E-state index in [1.807, 2.05) is 37.3 Å². The smallest absolute Gasteiger partial charge is 0.0670 e. The van der Waals surface area contributed by atoms with Crippen LogP contribution in [0, 0.1) is 3.57 Å². The van der Waals surface area contributed by atoms with Gasteiger partial charge in [-0.3, -0.25) is 0 Å². The van der Waals surface area contributed by atoms with Crippen LogP contribution in [0.1, 0.15) is 12.5 Å². The summed E-state index contributed by atoms with van der Waals surface area (Å²) in [5, 5.41) is 3.50. The third-order valence-electron chi connectivity index (χ3n) is 2.84. The number of halogens is 1. The van der Waals surface area contributed by atoms with Crippen molar-refractivity contribution in [2.75, 3.05) is 18.5 Å². The van der Waals surface area contributed by atoms with Crippen LogP contribution >= 0.6 is 22.6 Å². The number of para-hydroxylation sites is 1. The van der Waals surface area contributed by atoms with E-state index in [-0.39, 0.29) is 0 Å². The number of hydrogen-bond donors (Lipinski definition) is 1. The van der Waals surface area contributed by atoms with Crippen LogP contribution in [-0.2, 0) is 4.74 Å². The molecule has 0 fully saturated rings. The molecular weight excluding hydrogens is 361 g/mol. The van der Waals surface area contributed by atoms with E-state index < -0.39 is 0 Å². The molecule has 0 aliphatic rings. The molecule has 0 saturated carbocycles. The van der Waals surface area contributed by atoms with Crippen molar-refractivity contribution in [3.05, 3.63) is 69.8 Å². The summed E-state index contributed by atoms with van der Waals surface area (Å²) in [5.41, 5.74) is 3.34. The van der Waals surface area contributed by atoms with E-state index in [0.717, 1.165) is 23.6 Å². The van der Waals surface area contributed by atoms with Gasteiger partial charge in [0.15, 0.2) is 0 Å². The Morgan fingerprint density at radius 3 is 2.50 bits per heavy atom. The highest BCUT2D eigenvalue weighted by Gasteiger charge is 2.04. The monoisotopic (exact) mass is 379 g/mol. The minimum atomic E-state index is 0.608. The number of hydrogen-bond acceptors (Lipinski definition) is 2. The first kappa shape index (κ1) is 15.1. The Kier molecular flexibility index (Phi) is 6.08. The average molecular weight is 379 g/mol. The van der Waals surface area contributed by atoms with Gasteiger partial charge in [0.05, 0.1) is 12.3 Å². The molecule has 0 heterocycles. The maximum Gasteiger partial charge on any atom is 0.0670 e. The Morgan fingerprint density at radius 2 is 1.80 bits per heavy atom. The van der Waals surface area contributed by atoms with Crippen LogP contribution in [0.2, 0.25) is 0 Å². The van der Waals surface area contributed by atoms with Crippen molar-refractivity contribution in [2.45, 2.75) is 6.92 Å². The SMILES string of the molecule is CCOC/C=C(\Nc1ccccc1I)c1ccccc1. The van der Waals surface area contributed by atoms with Crippen molar-refractivity contribution in [3.63, 3.8) is 0 Å². The maximum absolute atomic E-state index is 5.44. The van der Waals surface area contributed by atoms with Crippen molar-refractivity contribution < 1.29 is 4.74 Å². The molecule has 0 radical (unpaired) electrons. The van der Waals surface area contributed by atoms with Gasteiger partial charge in [-0.2, -0.15) is 0 Å². The van der Waals surface area contributed by atoms with Gasteiger partial charge < -0.3 is 10.1 Å². The molecule has 20 heavy (non-hydrogen) atoms. The van der Waals surface area contributed by atoms with E-state index in [9.17, 15) is 0 Å². The van der Waals surface area contributed by atoms with Crippen LogP contribution in [0.3, 0.4) is 0 Å². The lowest BCUT2D eigenvalue weighted by molar-refractivity contribution is 0.178. The van der Waals surface area contributed by atoms with Crippen LogP contribution in [0.15, 0.2) is 60.7 Å². The lowest BCUT2D eigenvalue weighted by Crippen LogP contribution is -2.02. The quantitative estimate of drug-likeness (QED) is 0.576. The third kappa shape index (κ3) is 4.35. The normalized spacial score (nSPS) is 11.4. The minimum Gasteiger partial charge on any atom is -0.378 e. The lowest BCUT2D eigenvalue weighted by Gasteiger charge is -2.13. The predicted octanol–water partition coefficient (Wildman–Crippen LogP) is 4.78. The standard InChI is InChI=1S/C17H18INO/c1-2-20-13-12-16(14-8-4-3-5-9-14)19-17-11-7-6-10-15(17)18/h3-12,19H,2,13H2,1H3/b16-12-. The van der Waals surface area contributed by atoms with Gasteiger partial charge in [-0.1, -0.05) is 42.5 Å². The van der Waals surface area contributed by atoms with Gasteiger partial charge in [0.2, 0.25) is 0 Å². The molecule has 0 atom stereocenters. The molecule has 104 valence electrons. The zero-order chi connectivity index (χ0) is 14.2. The van der Waals surface area contributed by atoms with E-state index in [1.165, 1.54) is 3.57 Å². The Labute approximate surface area is 134 Å². The fourth-order valence-corrected chi connectivity index (χ4v) is 2.35. The minimum absolute atomic E-state index is 0.608. The van der Waals surface area contributed by atoms with Crippen molar-refractivity contribution in [2.24, 2.45) is 0 Å². The summed E-state index contributed by atoms with van der Waals surface area (Å²) in [7, 11) is 0. The second kappa shape index (κ2) is 8.07. The molecule has 0 unspecified atom stereocenters. The molecule has 2 nitrogen and oxygen atoms in total. The molecule has 2 aromatic rings. The first-order valence-corrected chi connectivity index (χ1v) is 7.74. The first-order valence-electron chi connectivity index (χ1n) is 6.66. The van der Waals surface area contributed by atoms with Gasteiger partial charge in [0.25, 0.3) is 0 Å². The Balaban J connectivity index is 2.23. The van der Waals surface area contributed by atoms with Crippen molar-refractivity contribution >= 4 is 34.0 Å². The highest BCUT2D eigenvalue weighted by Crippen LogP contribution is 2.23. The predicted molar refractivity (Wildman–Crippen MR) is 93.7 cm³/mol. The lowest BCUT2D eigenvalue weighted by atomic mass is 10.1. The Hall–Kier alpha value is -1.33. The summed E-state index contributed by atoms with van der Waals surface area (Å²) in [5.74, 6) is 0. The topological polar surface area (TPSA) is 21.3 Å². The Bertz CT molecular complexity index is 566. The van der Waals surface area contributed by atoms with Gasteiger partial charge in [-0.05, 0) is 53.3 Å². The molecule has 0 amide bonds. The average Bonchev–Trinajstić information content (AvgIpc) is 2.49. The van der Waals surface area contributed by atoms with Crippen LogP contribution in [0.25, 0.3) is 5.70 Å². The summed E-state index contributed by atoms with van der Waals surface area (Å²) in [6.07, 6.45) is 2.09. The molecule has 1 N–H and O–H groups in total. The van der Waals surface area contributed by atoms with Crippen LogP contribution < -0.4 is 5.32 Å². The summed E-state index contributed by atoms with van der Waals surface area (Å²) in [6.45, 7) is 3.34. The van der Waals surface area contributed by atoms with Crippen LogP contribution in [0.5, 0.6) is 0 Å². The van der Waals surface area contributed by atoms with Crippen molar-refractivity contribution in [1.82, 2.24) is 0 Å². The van der Waals surface area contributed by atoms with Gasteiger partial charge in [0.1, 0.15) is 0 Å².